The maximum atomic E-state index is 12.5. The molecule has 1 aliphatic rings. The Kier molecular flexibility index (Phi) is 6.86. The number of aliphatic hydroxyl groups is 1. The summed E-state index contributed by atoms with van der Waals surface area (Å²) in [7, 11) is 4.08. The van der Waals surface area contributed by atoms with Gasteiger partial charge in [0.2, 0.25) is 11.8 Å². The Balaban J connectivity index is 1.87. The summed E-state index contributed by atoms with van der Waals surface area (Å²) in [5.74, 6) is 2.38. The Morgan fingerprint density at radius 3 is 2.83 bits per heavy atom. The number of carbonyl (C=O) groups excluding carboxylic acids is 1. The Morgan fingerprint density at radius 1 is 1.43 bits per heavy atom. The van der Waals surface area contributed by atoms with Crippen molar-refractivity contribution in [1.29, 1.82) is 0 Å². The first kappa shape index (κ1) is 18.2. The van der Waals surface area contributed by atoms with Crippen LogP contribution in [0.15, 0.2) is 4.52 Å². The molecule has 1 saturated heterocycles. The van der Waals surface area contributed by atoms with Crippen LogP contribution in [0.25, 0.3) is 0 Å². The fourth-order valence-electron chi connectivity index (χ4n) is 2.74. The van der Waals surface area contributed by atoms with Crippen LogP contribution in [0.3, 0.4) is 0 Å². The van der Waals surface area contributed by atoms with Crippen LogP contribution in [0.5, 0.6) is 0 Å². The van der Waals surface area contributed by atoms with Gasteiger partial charge in [0.25, 0.3) is 0 Å². The standard InChI is InChI=1S/C15H26N4O3S/c1-11-16-14(22-17-11)9-23-10-15(21)19-6-12(8-20)4-5-13(7-19)18(2)3/h12-13,20H,4-10H2,1-3H3/t12-,13+/m0/s1. The van der Waals surface area contributed by atoms with Gasteiger partial charge in [-0.25, -0.2) is 0 Å². The van der Waals surface area contributed by atoms with Crippen LogP contribution in [0.4, 0.5) is 0 Å². The summed E-state index contributed by atoms with van der Waals surface area (Å²) < 4.78 is 5.05. The number of rotatable bonds is 6. The molecule has 0 bridgehead atoms. The van der Waals surface area contributed by atoms with E-state index in [1.807, 2.05) is 19.0 Å². The lowest BCUT2D eigenvalue weighted by Crippen LogP contribution is -2.43. The van der Waals surface area contributed by atoms with Gasteiger partial charge in [0, 0.05) is 25.7 Å². The highest BCUT2D eigenvalue weighted by Gasteiger charge is 2.27. The first-order valence-electron chi connectivity index (χ1n) is 7.91. The van der Waals surface area contributed by atoms with Crippen LogP contribution in [0.1, 0.15) is 24.6 Å². The predicted octanol–water partition coefficient (Wildman–Crippen LogP) is 0.772. The number of thioether (sulfide) groups is 1. The Labute approximate surface area is 141 Å². The lowest BCUT2D eigenvalue weighted by atomic mass is 10.0. The Morgan fingerprint density at radius 2 is 2.22 bits per heavy atom. The number of hydrogen-bond acceptors (Lipinski definition) is 7. The monoisotopic (exact) mass is 342 g/mol. The third-order valence-corrected chi connectivity index (χ3v) is 5.08. The van der Waals surface area contributed by atoms with Crippen LogP contribution in [-0.4, -0.2) is 76.5 Å². The van der Waals surface area contributed by atoms with Crippen molar-refractivity contribution in [1.82, 2.24) is 19.9 Å². The maximum Gasteiger partial charge on any atom is 0.236 e. The SMILES string of the molecule is Cc1noc(CSCC(=O)N2C[C@@H](CO)CC[C@@H](N(C)C)C2)n1. The molecule has 1 aromatic heterocycles. The van der Waals surface area contributed by atoms with Gasteiger partial charge in [-0.2, -0.15) is 4.98 Å². The predicted molar refractivity (Wildman–Crippen MR) is 89.1 cm³/mol. The number of aryl methyl sites for hydroxylation is 1. The second-order valence-corrected chi connectivity index (χ2v) is 7.26. The second-order valence-electron chi connectivity index (χ2n) is 6.27. The van der Waals surface area contributed by atoms with Crippen LogP contribution in [0, 0.1) is 12.8 Å². The highest BCUT2D eigenvalue weighted by Crippen LogP contribution is 2.20. The molecule has 1 amide bonds. The van der Waals surface area contributed by atoms with Gasteiger partial charge in [0.05, 0.1) is 11.5 Å². The lowest BCUT2D eigenvalue weighted by molar-refractivity contribution is -0.129. The van der Waals surface area contributed by atoms with Crippen molar-refractivity contribution in [3.63, 3.8) is 0 Å². The maximum absolute atomic E-state index is 12.5. The number of aromatic nitrogens is 2. The van der Waals surface area contributed by atoms with Crippen LogP contribution < -0.4 is 0 Å². The first-order valence-corrected chi connectivity index (χ1v) is 9.07. The number of nitrogens with zero attached hydrogens (tertiary/aromatic N) is 4. The minimum atomic E-state index is 0.110. The molecular weight excluding hydrogens is 316 g/mol. The number of hydrogen-bond donors (Lipinski definition) is 1. The van der Waals surface area contributed by atoms with E-state index in [-0.39, 0.29) is 18.4 Å². The average molecular weight is 342 g/mol. The zero-order valence-corrected chi connectivity index (χ0v) is 14.9. The summed E-state index contributed by atoms with van der Waals surface area (Å²) in [5.41, 5.74) is 0. The zero-order chi connectivity index (χ0) is 16.8. The Bertz CT molecular complexity index is 509. The summed E-state index contributed by atoms with van der Waals surface area (Å²) in [6, 6.07) is 0.346. The molecule has 1 aliphatic heterocycles. The molecule has 2 heterocycles. The number of aliphatic hydroxyl groups excluding tert-OH is 1. The third-order valence-electron chi connectivity index (χ3n) is 4.18. The van der Waals surface area contributed by atoms with Crippen molar-refractivity contribution >= 4 is 17.7 Å². The summed E-state index contributed by atoms with van der Waals surface area (Å²) in [5, 5.41) is 13.2. The van der Waals surface area contributed by atoms with E-state index in [0.29, 0.717) is 35.8 Å². The molecule has 1 aromatic rings. The first-order chi connectivity index (χ1) is 11.0. The van der Waals surface area contributed by atoms with Crippen molar-refractivity contribution in [2.45, 2.75) is 31.6 Å². The zero-order valence-electron chi connectivity index (χ0n) is 14.1. The van der Waals surface area contributed by atoms with Crippen molar-refractivity contribution in [2.75, 3.05) is 39.5 Å². The van der Waals surface area contributed by atoms with Crippen molar-refractivity contribution in [3.8, 4) is 0 Å². The van der Waals surface area contributed by atoms with Gasteiger partial charge < -0.3 is 19.4 Å². The largest absolute Gasteiger partial charge is 0.396 e. The molecule has 0 saturated carbocycles. The van der Waals surface area contributed by atoms with Gasteiger partial charge in [0.1, 0.15) is 0 Å². The van der Waals surface area contributed by atoms with Crippen molar-refractivity contribution in [3.05, 3.63) is 11.7 Å². The van der Waals surface area contributed by atoms with E-state index in [9.17, 15) is 9.90 Å². The Hall–Kier alpha value is -1.12. The number of likely N-dealkylation sites (tertiary alicyclic amines) is 1. The minimum absolute atomic E-state index is 0.110. The van der Waals surface area contributed by atoms with Crippen LogP contribution in [-0.2, 0) is 10.5 Å². The van der Waals surface area contributed by atoms with E-state index < -0.39 is 0 Å². The van der Waals surface area contributed by atoms with E-state index in [1.165, 1.54) is 11.8 Å². The van der Waals surface area contributed by atoms with E-state index in [2.05, 4.69) is 15.0 Å². The van der Waals surface area contributed by atoms with Crippen LogP contribution >= 0.6 is 11.8 Å². The number of carbonyl (C=O) groups is 1. The molecule has 2 atom stereocenters. The van der Waals surface area contributed by atoms with Crippen molar-refractivity contribution < 1.29 is 14.4 Å². The highest BCUT2D eigenvalue weighted by atomic mass is 32.2. The fraction of sp³-hybridized carbons (Fsp3) is 0.800. The highest BCUT2D eigenvalue weighted by molar-refractivity contribution is 7.99. The van der Waals surface area contributed by atoms with Gasteiger partial charge in [-0.1, -0.05) is 5.16 Å². The van der Waals surface area contributed by atoms with Gasteiger partial charge in [0.15, 0.2) is 5.82 Å². The molecular formula is C15H26N4O3S. The third kappa shape index (κ3) is 5.47. The summed E-state index contributed by atoms with van der Waals surface area (Å²) in [6.45, 7) is 3.28. The number of likely N-dealkylation sites (N-methyl/N-ethyl adjacent to an activating group) is 1. The van der Waals surface area contributed by atoms with Gasteiger partial charge in [-0.15, -0.1) is 11.8 Å². The van der Waals surface area contributed by atoms with Gasteiger partial charge in [-0.3, -0.25) is 4.79 Å². The molecule has 0 spiro atoms. The van der Waals surface area contributed by atoms with E-state index in [0.717, 1.165) is 19.4 Å². The molecule has 0 aromatic carbocycles. The molecule has 0 unspecified atom stereocenters. The van der Waals surface area contributed by atoms with E-state index >= 15 is 0 Å². The summed E-state index contributed by atoms with van der Waals surface area (Å²) in [6.07, 6.45) is 1.97. The molecule has 130 valence electrons. The van der Waals surface area contributed by atoms with E-state index in [1.54, 1.807) is 6.92 Å². The smallest absolute Gasteiger partial charge is 0.236 e. The van der Waals surface area contributed by atoms with E-state index in [4.69, 9.17) is 4.52 Å². The van der Waals surface area contributed by atoms with Gasteiger partial charge in [-0.05, 0) is 39.8 Å². The lowest BCUT2D eigenvalue weighted by Gasteiger charge is -2.29. The molecule has 2 rings (SSSR count). The molecule has 7 nitrogen and oxygen atoms in total. The average Bonchev–Trinajstić information content (AvgIpc) is 2.81. The molecule has 23 heavy (non-hydrogen) atoms. The topological polar surface area (TPSA) is 82.7 Å². The molecule has 1 N–H and O–H groups in total. The molecule has 0 radical (unpaired) electrons. The van der Waals surface area contributed by atoms with Gasteiger partial charge >= 0.3 is 0 Å². The minimum Gasteiger partial charge on any atom is -0.396 e. The fourth-order valence-corrected chi connectivity index (χ4v) is 3.49. The molecule has 1 fully saturated rings. The molecule has 0 aliphatic carbocycles. The second kappa shape index (κ2) is 8.65. The summed E-state index contributed by atoms with van der Waals surface area (Å²) in [4.78, 5) is 20.7. The molecule has 8 heteroatoms. The van der Waals surface area contributed by atoms with Crippen molar-refractivity contribution in [2.24, 2.45) is 5.92 Å². The number of amides is 1. The normalized spacial score (nSPS) is 22.4. The quantitative estimate of drug-likeness (QED) is 0.817. The van der Waals surface area contributed by atoms with Crippen LogP contribution in [0.2, 0.25) is 0 Å². The summed E-state index contributed by atoms with van der Waals surface area (Å²) >= 11 is 1.48.